The molecule has 0 spiro atoms. The Kier molecular flexibility index (Phi) is 3.29. The lowest BCUT2D eigenvalue weighted by Gasteiger charge is -2.18. The lowest BCUT2D eigenvalue weighted by molar-refractivity contribution is -0.124. The molecule has 2 N–H and O–H groups in total. The molecule has 1 aliphatic rings. The number of amides is 1. The van der Waals surface area contributed by atoms with Crippen molar-refractivity contribution in [3.8, 4) is 0 Å². The first-order valence-corrected chi connectivity index (χ1v) is 5.75. The van der Waals surface area contributed by atoms with Crippen LogP contribution in [0.3, 0.4) is 0 Å². The summed E-state index contributed by atoms with van der Waals surface area (Å²) >= 11 is 0. The Labute approximate surface area is 95.4 Å². The highest BCUT2D eigenvalue weighted by Gasteiger charge is 2.30. The van der Waals surface area contributed by atoms with E-state index >= 15 is 0 Å². The molecule has 0 aromatic carbocycles. The third-order valence-electron chi connectivity index (χ3n) is 3.14. The molecule has 1 aromatic rings. The Hall–Kier alpha value is -1.29. The van der Waals surface area contributed by atoms with Crippen molar-refractivity contribution in [2.24, 2.45) is 5.92 Å². The first kappa shape index (κ1) is 11.2. The molecule has 88 valence electrons. The third kappa shape index (κ3) is 2.27. The number of carbonyl (C=O) groups is 1. The number of furan rings is 1. The van der Waals surface area contributed by atoms with Crippen molar-refractivity contribution in [3.05, 3.63) is 24.2 Å². The average molecular weight is 222 g/mol. The van der Waals surface area contributed by atoms with Gasteiger partial charge in [0.1, 0.15) is 5.76 Å². The van der Waals surface area contributed by atoms with Gasteiger partial charge in [-0.3, -0.25) is 4.79 Å². The van der Waals surface area contributed by atoms with Gasteiger partial charge in [0.2, 0.25) is 5.91 Å². The Balaban J connectivity index is 1.92. The van der Waals surface area contributed by atoms with E-state index in [9.17, 15) is 4.79 Å². The molecule has 4 nitrogen and oxygen atoms in total. The molecule has 4 heteroatoms. The van der Waals surface area contributed by atoms with Gasteiger partial charge in [0.05, 0.1) is 18.3 Å². The van der Waals surface area contributed by atoms with Crippen LogP contribution in [0, 0.1) is 5.92 Å². The van der Waals surface area contributed by atoms with Crippen molar-refractivity contribution in [3.63, 3.8) is 0 Å². The Morgan fingerprint density at radius 2 is 2.50 bits per heavy atom. The molecule has 1 fully saturated rings. The zero-order valence-corrected chi connectivity index (χ0v) is 9.69. The van der Waals surface area contributed by atoms with Gasteiger partial charge in [-0.2, -0.15) is 0 Å². The van der Waals surface area contributed by atoms with Gasteiger partial charge in [-0.1, -0.05) is 6.92 Å². The summed E-state index contributed by atoms with van der Waals surface area (Å²) in [6.45, 7) is 4.95. The van der Waals surface area contributed by atoms with Crippen LogP contribution in [0.15, 0.2) is 22.8 Å². The van der Waals surface area contributed by atoms with E-state index in [1.807, 2.05) is 19.1 Å². The molecule has 3 unspecified atom stereocenters. The molecule has 0 saturated carbocycles. The smallest absolute Gasteiger partial charge is 0.237 e. The highest BCUT2D eigenvalue weighted by molar-refractivity contribution is 5.82. The van der Waals surface area contributed by atoms with E-state index < -0.39 is 0 Å². The molecule has 0 radical (unpaired) electrons. The molecule has 1 amide bonds. The van der Waals surface area contributed by atoms with Crippen molar-refractivity contribution in [2.75, 3.05) is 6.54 Å². The normalized spacial score (nSPS) is 26.6. The summed E-state index contributed by atoms with van der Waals surface area (Å²) in [5.41, 5.74) is 0. The monoisotopic (exact) mass is 222 g/mol. The predicted molar refractivity (Wildman–Crippen MR) is 60.8 cm³/mol. The quantitative estimate of drug-likeness (QED) is 0.814. The van der Waals surface area contributed by atoms with Crippen LogP contribution >= 0.6 is 0 Å². The summed E-state index contributed by atoms with van der Waals surface area (Å²) in [5, 5.41) is 6.17. The van der Waals surface area contributed by atoms with Crippen molar-refractivity contribution in [2.45, 2.75) is 32.4 Å². The van der Waals surface area contributed by atoms with Crippen LogP contribution in [0.2, 0.25) is 0 Å². The van der Waals surface area contributed by atoms with Crippen molar-refractivity contribution in [1.29, 1.82) is 0 Å². The predicted octanol–water partition coefficient (Wildman–Crippen LogP) is 1.45. The summed E-state index contributed by atoms with van der Waals surface area (Å²) in [4.78, 5) is 11.9. The maximum absolute atomic E-state index is 11.9. The van der Waals surface area contributed by atoms with E-state index in [1.54, 1.807) is 6.26 Å². The summed E-state index contributed by atoms with van der Waals surface area (Å²) in [6, 6.07) is 3.57. The third-order valence-corrected chi connectivity index (χ3v) is 3.14. The van der Waals surface area contributed by atoms with E-state index in [0.29, 0.717) is 5.92 Å². The number of hydrogen-bond donors (Lipinski definition) is 2. The minimum atomic E-state index is -0.0721. The molecule has 0 bridgehead atoms. The van der Waals surface area contributed by atoms with Gasteiger partial charge in [-0.25, -0.2) is 0 Å². The molecule has 3 atom stereocenters. The fourth-order valence-electron chi connectivity index (χ4n) is 2.10. The Morgan fingerprint density at radius 1 is 1.69 bits per heavy atom. The lowest BCUT2D eigenvalue weighted by Crippen LogP contribution is -2.44. The van der Waals surface area contributed by atoms with Crippen LogP contribution in [-0.4, -0.2) is 18.5 Å². The molecule has 1 aliphatic heterocycles. The largest absolute Gasteiger partial charge is 0.467 e. The number of rotatable bonds is 3. The molecule has 16 heavy (non-hydrogen) atoms. The van der Waals surface area contributed by atoms with Gasteiger partial charge in [-0.15, -0.1) is 0 Å². The van der Waals surface area contributed by atoms with Gasteiger partial charge in [0, 0.05) is 0 Å². The molecule has 1 saturated heterocycles. The zero-order valence-electron chi connectivity index (χ0n) is 9.69. The standard InChI is InChI=1S/C12H18N2O2/c1-8-5-6-13-11(8)12(15)14-9(2)10-4-3-7-16-10/h3-4,7-9,11,13H,5-6H2,1-2H3,(H,14,15). The second kappa shape index (κ2) is 4.70. The number of carbonyl (C=O) groups excluding carboxylic acids is 1. The molecule has 1 aromatic heterocycles. The van der Waals surface area contributed by atoms with Crippen LogP contribution in [0.4, 0.5) is 0 Å². The SMILES string of the molecule is CC(NC(=O)C1NCCC1C)c1ccco1. The fraction of sp³-hybridized carbons (Fsp3) is 0.583. The zero-order chi connectivity index (χ0) is 11.5. The Bertz CT molecular complexity index is 348. The van der Waals surface area contributed by atoms with Crippen LogP contribution < -0.4 is 10.6 Å². The summed E-state index contributed by atoms with van der Waals surface area (Å²) in [7, 11) is 0. The van der Waals surface area contributed by atoms with Gasteiger partial charge in [-0.05, 0) is 37.9 Å². The van der Waals surface area contributed by atoms with Gasteiger partial charge < -0.3 is 15.1 Å². The highest BCUT2D eigenvalue weighted by atomic mass is 16.3. The van der Waals surface area contributed by atoms with Gasteiger partial charge >= 0.3 is 0 Å². The van der Waals surface area contributed by atoms with Crippen LogP contribution in [-0.2, 0) is 4.79 Å². The average Bonchev–Trinajstić information content (AvgIpc) is 2.86. The van der Waals surface area contributed by atoms with Crippen LogP contribution in [0.1, 0.15) is 32.1 Å². The minimum absolute atomic E-state index is 0.0580. The molecule has 2 heterocycles. The van der Waals surface area contributed by atoms with E-state index in [4.69, 9.17) is 4.42 Å². The second-order valence-corrected chi connectivity index (χ2v) is 4.44. The number of hydrogen-bond acceptors (Lipinski definition) is 3. The van der Waals surface area contributed by atoms with Gasteiger partial charge in [0.15, 0.2) is 0 Å². The molecular weight excluding hydrogens is 204 g/mol. The first-order chi connectivity index (χ1) is 7.68. The highest BCUT2D eigenvalue weighted by Crippen LogP contribution is 2.17. The van der Waals surface area contributed by atoms with E-state index in [1.165, 1.54) is 0 Å². The molecule has 0 aliphatic carbocycles. The lowest BCUT2D eigenvalue weighted by atomic mass is 10.0. The van der Waals surface area contributed by atoms with E-state index in [0.717, 1.165) is 18.7 Å². The van der Waals surface area contributed by atoms with Crippen molar-refractivity contribution < 1.29 is 9.21 Å². The maximum Gasteiger partial charge on any atom is 0.237 e. The Morgan fingerprint density at radius 3 is 3.06 bits per heavy atom. The summed E-state index contributed by atoms with van der Waals surface area (Å²) in [5.74, 6) is 1.26. The van der Waals surface area contributed by atoms with E-state index in [2.05, 4.69) is 17.6 Å². The van der Waals surface area contributed by atoms with Crippen molar-refractivity contribution in [1.82, 2.24) is 10.6 Å². The van der Waals surface area contributed by atoms with Crippen LogP contribution in [0.5, 0.6) is 0 Å². The first-order valence-electron chi connectivity index (χ1n) is 5.75. The topological polar surface area (TPSA) is 54.3 Å². The number of nitrogens with one attached hydrogen (secondary N) is 2. The summed E-state index contributed by atoms with van der Waals surface area (Å²) < 4.78 is 5.25. The van der Waals surface area contributed by atoms with Crippen LogP contribution in [0.25, 0.3) is 0 Å². The fourth-order valence-corrected chi connectivity index (χ4v) is 2.10. The summed E-state index contributed by atoms with van der Waals surface area (Å²) in [6.07, 6.45) is 2.68. The van der Waals surface area contributed by atoms with Gasteiger partial charge in [0.25, 0.3) is 0 Å². The minimum Gasteiger partial charge on any atom is -0.467 e. The van der Waals surface area contributed by atoms with Crippen molar-refractivity contribution >= 4 is 5.91 Å². The molecular formula is C12H18N2O2. The maximum atomic E-state index is 11.9. The van der Waals surface area contributed by atoms with E-state index in [-0.39, 0.29) is 18.0 Å². The molecule has 2 rings (SSSR count). The second-order valence-electron chi connectivity index (χ2n) is 4.44.